The van der Waals surface area contributed by atoms with Gasteiger partial charge in [-0.2, -0.15) is 5.10 Å². The molecule has 2 heterocycles. The molecule has 7 heteroatoms. The van der Waals surface area contributed by atoms with Gasteiger partial charge in [0.1, 0.15) is 11.8 Å². The van der Waals surface area contributed by atoms with Crippen molar-refractivity contribution in [1.29, 1.82) is 0 Å². The molecule has 1 aliphatic rings. The van der Waals surface area contributed by atoms with E-state index in [1.165, 1.54) is 10.7 Å². The van der Waals surface area contributed by atoms with Crippen LogP contribution in [0.1, 0.15) is 39.6 Å². The van der Waals surface area contributed by atoms with Gasteiger partial charge in [0.2, 0.25) is 0 Å². The number of aromatic nitrogens is 2. The summed E-state index contributed by atoms with van der Waals surface area (Å²) >= 11 is 0. The number of amides is 2. The molecule has 29 heavy (non-hydrogen) atoms. The zero-order valence-corrected chi connectivity index (χ0v) is 16.1. The minimum absolute atomic E-state index is 0.121. The van der Waals surface area contributed by atoms with E-state index in [0.29, 0.717) is 18.8 Å². The van der Waals surface area contributed by atoms with Crippen LogP contribution in [0.3, 0.4) is 0 Å². The van der Waals surface area contributed by atoms with Crippen molar-refractivity contribution in [2.45, 2.75) is 19.1 Å². The molecule has 2 amide bonds. The first-order valence-electron chi connectivity index (χ1n) is 9.48. The molecule has 3 aromatic rings. The Labute approximate surface area is 168 Å². The molecule has 1 aliphatic heterocycles. The first-order chi connectivity index (χ1) is 14.0. The van der Waals surface area contributed by atoms with E-state index >= 15 is 0 Å². The molecular formula is C22H22N4O3. The second kappa shape index (κ2) is 7.89. The Morgan fingerprint density at radius 3 is 2.34 bits per heavy atom. The Balaban J connectivity index is 1.63. The van der Waals surface area contributed by atoms with Gasteiger partial charge in [0.05, 0.1) is 18.3 Å². The highest BCUT2D eigenvalue weighted by molar-refractivity contribution is 5.97. The van der Waals surface area contributed by atoms with Crippen molar-refractivity contribution < 1.29 is 14.3 Å². The van der Waals surface area contributed by atoms with E-state index in [0.717, 1.165) is 5.56 Å². The van der Waals surface area contributed by atoms with Crippen molar-refractivity contribution in [2.24, 2.45) is 5.73 Å². The topological polar surface area (TPSA) is 90.5 Å². The summed E-state index contributed by atoms with van der Waals surface area (Å²) in [5, 5.41) is 4.38. The molecule has 2 aromatic carbocycles. The summed E-state index contributed by atoms with van der Waals surface area (Å²) in [6.45, 7) is 2.80. The highest BCUT2D eigenvalue weighted by Gasteiger charge is 2.31. The average molecular weight is 390 g/mol. The summed E-state index contributed by atoms with van der Waals surface area (Å²) in [5.41, 5.74) is 7.55. The van der Waals surface area contributed by atoms with E-state index in [-0.39, 0.29) is 29.5 Å². The molecular weight excluding hydrogens is 368 g/mol. The second-order valence-corrected chi connectivity index (χ2v) is 7.08. The van der Waals surface area contributed by atoms with Gasteiger partial charge in [-0.25, -0.2) is 4.68 Å². The van der Waals surface area contributed by atoms with Crippen LogP contribution < -0.4 is 5.73 Å². The van der Waals surface area contributed by atoms with E-state index in [1.54, 1.807) is 17.0 Å². The number of nitrogens with two attached hydrogens (primary N) is 1. The van der Waals surface area contributed by atoms with Gasteiger partial charge in [0, 0.05) is 12.6 Å². The number of carbonyl (C=O) groups is 2. The summed E-state index contributed by atoms with van der Waals surface area (Å²) in [5.74, 6) is -0.892. The van der Waals surface area contributed by atoms with Gasteiger partial charge in [0.25, 0.3) is 11.8 Å². The number of ether oxygens (including phenoxy) is 1. The zero-order valence-electron chi connectivity index (χ0n) is 16.1. The highest BCUT2D eigenvalue weighted by Crippen LogP contribution is 2.26. The van der Waals surface area contributed by atoms with E-state index in [4.69, 9.17) is 10.5 Å². The molecule has 4 rings (SSSR count). The Morgan fingerprint density at radius 2 is 1.69 bits per heavy atom. The number of para-hydroxylation sites is 1. The van der Waals surface area contributed by atoms with Crippen molar-refractivity contribution in [3.8, 4) is 5.69 Å². The fraction of sp³-hybridized carbons (Fsp3) is 0.227. The van der Waals surface area contributed by atoms with Crippen molar-refractivity contribution in [3.63, 3.8) is 0 Å². The van der Waals surface area contributed by atoms with Gasteiger partial charge < -0.3 is 15.4 Å². The average Bonchev–Trinajstić information content (AvgIpc) is 3.20. The second-order valence-electron chi connectivity index (χ2n) is 7.08. The number of hydrogen-bond donors (Lipinski definition) is 1. The molecule has 2 atom stereocenters. The van der Waals surface area contributed by atoms with Crippen molar-refractivity contribution in [2.75, 3.05) is 13.1 Å². The Bertz CT molecular complexity index is 1020. The van der Waals surface area contributed by atoms with Crippen LogP contribution in [0.15, 0.2) is 66.7 Å². The van der Waals surface area contributed by atoms with Crippen molar-refractivity contribution in [3.05, 3.63) is 83.7 Å². The molecule has 0 aliphatic carbocycles. The number of benzene rings is 2. The zero-order chi connectivity index (χ0) is 20.4. The lowest BCUT2D eigenvalue weighted by Crippen LogP contribution is -2.46. The minimum atomic E-state index is -0.641. The summed E-state index contributed by atoms with van der Waals surface area (Å²) < 4.78 is 7.44. The molecule has 0 bridgehead atoms. The maximum Gasteiger partial charge on any atom is 0.274 e. The number of nitrogens with zero attached hydrogens (tertiary/aromatic N) is 3. The lowest BCUT2D eigenvalue weighted by Gasteiger charge is -2.36. The maximum absolute atomic E-state index is 13.2. The molecule has 2 N–H and O–H groups in total. The molecule has 148 valence electrons. The molecule has 0 radical (unpaired) electrons. The van der Waals surface area contributed by atoms with Gasteiger partial charge in [-0.1, -0.05) is 48.5 Å². The fourth-order valence-corrected chi connectivity index (χ4v) is 3.56. The van der Waals surface area contributed by atoms with E-state index in [1.807, 2.05) is 55.5 Å². The number of carbonyl (C=O) groups excluding carboxylic acids is 2. The largest absolute Gasteiger partial charge is 0.367 e. The molecule has 1 fully saturated rings. The number of rotatable bonds is 4. The first kappa shape index (κ1) is 18.9. The van der Waals surface area contributed by atoms with Crippen LogP contribution in [0, 0.1) is 0 Å². The van der Waals surface area contributed by atoms with Crippen molar-refractivity contribution in [1.82, 2.24) is 14.7 Å². The lowest BCUT2D eigenvalue weighted by atomic mass is 10.1. The third-order valence-electron chi connectivity index (χ3n) is 4.90. The fourth-order valence-electron chi connectivity index (χ4n) is 3.56. The number of morpholine rings is 1. The van der Waals surface area contributed by atoms with Crippen LogP contribution in [-0.2, 0) is 4.74 Å². The van der Waals surface area contributed by atoms with Gasteiger partial charge in [-0.3, -0.25) is 9.59 Å². The van der Waals surface area contributed by atoms with E-state index in [2.05, 4.69) is 5.10 Å². The van der Waals surface area contributed by atoms with Crippen LogP contribution in [0.25, 0.3) is 5.69 Å². The molecule has 1 saturated heterocycles. The summed E-state index contributed by atoms with van der Waals surface area (Å²) in [7, 11) is 0. The van der Waals surface area contributed by atoms with Crippen LogP contribution in [-0.4, -0.2) is 45.7 Å². The normalized spacial score (nSPS) is 19.1. The van der Waals surface area contributed by atoms with Crippen molar-refractivity contribution >= 4 is 11.8 Å². The van der Waals surface area contributed by atoms with Crippen LogP contribution >= 0.6 is 0 Å². The molecule has 0 spiro atoms. The summed E-state index contributed by atoms with van der Waals surface area (Å²) in [6, 6.07) is 20.4. The van der Waals surface area contributed by atoms with E-state index in [9.17, 15) is 9.59 Å². The van der Waals surface area contributed by atoms with Gasteiger partial charge >= 0.3 is 0 Å². The third-order valence-corrected chi connectivity index (χ3v) is 4.90. The third kappa shape index (κ3) is 3.90. The Kier molecular flexibility index (Phi) is 5.14. The molecule has 1 aromatic heterocycles. The quantitative estimate of drug-likeness (QED) is 0.741. The number of hydrogen-bond acceptors (Lipinski definition) is 4. The summed E-state index contributed by atoms with van der Waals surface area (Å²) in [6.07, 6.45) is -0.333. The Morgan fingerprint density at radius 1 is 1.03 bits per heavy atom. The summed E-state index contributed by atoms with van der Waals surface area (Å²) in [4.78, 5) is 26.8. The standard InChI is InChI=1S/C22H22N4O3/c1-15-13-25(14-20(29-15)16-8-4-2-5-9-16)22(28)18-12-19(21(23)27)26(24-18)17-10-6-3-7-11-17/h2-12,15,20H,13-14H2,1H3,(H2,23,27)/t15-,20-/m0/s1. The first-order valence-corrected chi connectivity index (χ1v) is 9.48. The molecule has 7 nitrogen and oxygen atoms in total. The lowest BCUT2D eigenvalue weighted by molar-refractivity contribution is -0.0693. The maximum atomic E-state index is 13.2. The highest BCUT2D eigenvalue weighted by atomic mass is 16.5. The molecule has 0 unspecified atom stereocenters. The van der Waals surface area contributed by atoms with Gasteiger partial charge in [-0.05, 0) is 24.6 Å². The predicted octanol–water partition coefficient (Wildman–Crippen LogP) is 2.57. The smallest absolute Gasteiger partial charge is 0.274 e. The SMILES string of the molecule is C[C@H]1CN(C(=O)c2cc(C(N)=O)n(-c3ccccc3)n2)C[C@@H](c2ccccc2)O1. The Hall–Kier alpha value is -3.45. The predicted molar refractivity (Wildman–Crippen MR) is 108 cm³/mol. The van der Waals surface area contributed by atoms with Crippen LogP contribution in [0.2, 0.25) is 0 Å². The van der Waals surface area contributed by atoms with Gasteiger partial charge in [-0.15, -0.1) is 0 Å². The monoisotopic (exact) mass is 390 g/mol. The van der Waals surface area contributed by atoms with E-state index < -0.39 is 5.91 Å². The molecule has 0 saturated carbocycles. The van der Waals surface area contributed by atoms with Crippen LogP contribution in [0.5, 0.6) is 0 Å². The van der Waals surface area contributed by atoms with Gasteiger partial charge in [0.15, 0.2) is 5.69 Å². The van der Waals surface area contributed by atoms with Crippen LogP contribution in [0.4, 0.5) is 0 Å². The number of primary amides is 1. The minimum Gasteiger partial charge on any atom is -0.367 e.